The van der Waals surface area contributed by atoms with Crippen LogP contribution in [0.3, 0.4) is 0 Å². The van der Waals surface area contributed by atoms with Gasteiger partial charge in [-0.15, -0.1) is 11.3 Å². The highest BCUT2D eigenvalue weighted by atomic mass is 32.1. The number of para-hydroxylation sites is 2. The number of anilines is 2. The number of carbonyl (C=O) groups excluding carboxylic acids is 3. The Morgan fingerprint density at radius 2 is 2.08 bits per heavy atom. The van der Waals surface area contributed by atoms with Gasteiger partial charge in [0, 0.05) is 11.0 Å². The molecule has 7 heteroatoms. The zero-order chi connectivity index (χ0) is 18.7. The number of thiophene rings is 1. The van der Waals surface area contributed by atoms with Crippen molar-refractivity contribution in [1.82, 2.24) is 0 Å². The lowest BCUT2D eigenvalue weighted by Crippen LogP contribution is -2.46. The van der Waals surface area contributed by atoms with Gasteiger partial charge in [0.1, 0.15) is 6.54 Å². The Hall–Kier alpha value is -2.93. The molecule has 1 aliphatic heterocycles. The van der Waals surface area contributed by atoms with E-state index in [9.17, 15) is 14.4 Å². The Bertz CT molecular complexity index is 887. The lowest BCUT2D eigenvalue weighted by molar-refractivity contribution is -0.149. The number of ether oxygens (including phenoxy) is 1. The summed E-state index contributed by atoms with van der Waals surface area (Å²) >= 11 is 1.52. The van der Waals surface area contributed by atoms with Crippen LogP contribution in [-0.2, 0) is 19.1 Å². The average Bonchev–Trinajstić information content (AvgIpc) is 3.03. The summed E-state index contributed by atoms with van der Waals surface area (Å²) in [7, 11) is 0. The normalized spacial score (nSPS) is 14.7. The number of hydrogen-bond acceptors (Lipinski definition) is 5. The third-order valence-corrected chi connectivity index (χ3v) is 4.93. The fraction of sp³-hybridized carbons (Fsp3) is 0.211. The molecule has 0 fully saturated rings. The van der Waals surface area contributed by atoms with Crippen molar-refractivity contribution in [1.29, 1.82) is 0 Å². The van der Waals surface area contributed by atoms with Crippen molar-refractivity contribution in [2.75, 3.05) is 16.8 Å². The fourth-order valence-corrected chi connectivity index (χ4v) is 3.43. The van der Waals surface area contributed by atoms with Crippen LogP contribution in [-0.4, -0.2) is 30.4 Å². The van der Waals surface area contributed by atoms with E-state index < -0.39 is 18.0 Å². The molecule has 0 saturated carbocycles. The maximum Gasteiger partial charge on any atom is 0.331 e. The molecule has 1 aromatic heterocycles. The maximum absolute atomic E-state index is 12.7. The highest BCUT2D eigenvalue weighted by Gasteiger charge is 2.31. The number of rotatable bonds is 4. The van der Waals surface area contributed by atoms with E-state index in [4.69, 9.17) is 4.74 Å². The molecular weight excluding hydrogens is 352 g/mol. The van der Waals surface area contributed by atoms with Gasteiger partial charge >= 0.3 is 5.97 Å². The van der Waals surface area contributed by atoms with Crippen LogP contribution >= 0.6 is 11.3 Å². The standard InChI is InChI=1S/C19H18N2O4S/c1-12-9-10-26-16(12)7-8-18(23)25-13(2)19(24)21-11-17(22)20-14-5-3-4-6-15(14)21/h3-10,13H,11H2,1-2H3,(H,20,22)/b8-7+/t13-/m0/s1. The van der Waals surface area contributed by atoms with E-state index in [1.165, 1.54) is 29.2 Å². The van der Waals surface area contributed by atoms with E-state index in [1.807, 2.05) is 18.4 Å². The SMILES string of the molecule is Cc1ccsc1/C=C/C(=O)O[C@@H](C)C(=O)N1CC(=O)Nc2ccccc21. The summed E-state index contributed by atoms with van der Waals surface area (Å²) in [5.74, 6) is -1.33. The van der Waals surface area contributed by atoms with Crippen molar-refractivity contribution in [3.8, 4) is 0 Å². The predicted molar refractivity (Wildman–Crippen MR) is 101 cm³/mol. The third-order valence-electron chi connectivity index (χ3n) is 3.95. The largest absolute Gasteiger partial charge is 0.449 e. The van der Waals surface area contributed by atoms with Gasteiger partial charge in [-0.3, -0.25) is 14.5 Å². The van der Waals surface area contributed by atoms with Crippen molar-refractivity contribution >= 4 is 46.6 Å². The molecule has 134 valence electrons. The fourth-order valence-electron chi connectivity index (χ4n) is 2.61. The molecule has 0 unspecified atom stereocenters. The second-order valence-corrected chi connectivity index (χ2v) is 6.82. The smallest absolute Gasteiger partial charge is 0.331 e. The second-order valence-electron chi connectivity index (χ2n) is 5.87. The van der Waals surface area contributed by atoms with Crippen LogP contribution in [0.25, 0.3) is 6.08 Å². The van der Waals surface area contributed by atoms with E-state index in [0.717, 1.165) is 10.4 Å². The Morgan fingerprint density at radius 3 is 2.81 bits per heavy atom. The molecule has 1 atom stereocenters. The van der Waals surface area contributed by atoms with Crippen molar-refractivity contribution in [2.45, 2.75) is 20.0 Å². The number of benzene rings is 1. The summed E-state index contributed by atoms with van der Waals surface area (Å²) in [6.45, 7) is 3.34. The number of nitrogens with one attached hydrogen (secondary N) is 1. The van der Waals surface area contributed by atoms with Crippen LogP contribution in [0.1, 0.15) is 17.4 Å². The first kappa shape index (κ1) is 17.9. The first-order chi connectivity index (χ1) is 12.5. The minimum absolute atomic E-state index is 0.109. The highest BCUT2D eigenvalue weighted by molar-refractivity contribution is 7.11. The number of amides is 2. The average molecular weight is 370 g/mol. The molecule has 0 spiro atoms. The molecule has 2 amide bonds. The van der Waals surface area contributed by atoms with Crippen molar-refractivity contribution < 1.29 is 19.1 Å². The first-order valence-electron chi connectivity index (χ1n) is 8.09. The lowest BCUT2D eigenvalue weighted by Gasteiger charge is -2.30. The van der Waals surface area contributed by atoms with Crippen molar-refractivity contribution in [3.05, 3.63) is 52.2 Å². The molecule has 0 bridgehead atoms. The van der Waals surface area contributed by atoms with Gasteiger partial charge in [-0.25, -0.2) is 4.79 Å². The third kappa shape index (κ3) is 3.83. The van der Waals surface area contributed by atoms with Crippen molar-refractivity contribution in [2.24, 2.45) is 0 Å². The summed E-state index contributed by atoms with van der Waals surface area (Å²) < 4.78 is 5.21. The lowest BCUT2D eigenvalue weighted by atomic mass is 10.1. The Morgan fingerprint density at radius 1 is 1.31 bits per heavy atom. The monoisotopic (exact) mass is 370 g/mol. The Labute approximate surface area is 155 Å². The zero-order valence-corrected chi connectivity index (χ0v) is 15.2. The van der Waals surface area contributed by atoms with E-state index in [-0.39, 0.29) is 12.5 Å². The summed E-state index contributed by atoms with van der Waals surface area (Å²) in [5, 5.41) is 4.65. The molecule has 3 rings (SSSR count). The number of fused-ring (bicyclic) bond motifs is 1. The van der Waals surface area contributed by atoms with Gasteiger partial charge in [0.15, 0.2) is 6.10 Å². The Kier molecular flexibility index (Phi) is 5.18. The van der Waals surface area contributed by atoms with Gasteiger partial charge in [-0.05, 0) is 49.1 Å². The molecule has 0 saturated heterocycles. The number of nitrogens with zero attached hydrogens (tertiary/aromatic N) is 1. The summed E-state index contributed by atoms with van der Waals surface area (Å²) in [6.07, 6.45) is 1.97. The van der Waals surface area contributed by atoms with Gasteiger partial charge in [-0.1, -0.05) is 12.1 Å². The van der Waals surface area contributed by atoms with E-state index in [1.54, 1.807) is 30.3 Å². The number of hydrogen-bond donors (Lipinski definition) is 1. The van der Waals surface area contributed by atoms with Crippen molar-refractivity contribution in [3.63, 3.8) is 0 Å². The summed E-state index contributed by atoms with van der Waals surface area (Å²) in [4.78, 5) is 38.8. The van der Waals surface area contributed by atoms with Gasteiger partial charge in [-0.2, -0.15) is 0 Å². The minimum atomic E-state index is -1.00. The quantitative estimate of drug-likeness (QED) is 0.663. The Balaban J connectivity index is 1.68. The van der Waals surface area contributed by atoms with Crippen LogP contribution in [0.2, 0.25) is 0 Å². The van der Waals surface area contributed by atoms with Crippen LogP contribution in [0.15, 0.2) is 41.8 Å². The molecule has 26 heavy (non-hydrogen) atoms. The summed E-state index contributed by atoms with van der Waals surface area (Å²) in [5.41, 5.74) is 2.22. The van der Waals surface area contributed by atoms with Gasteiger partial charge in [0.25, 0.3) is 5.91 Å². The van der Waals surface area contributed by atoms with Gasteiger partial charge in [0.2, 0.25) is 5.91 Å². The molecule has 1 aromatic carbocycles. The maximum atomic E-state index is 12.7. The van der Waals surface area contributed by atoms with E-state index >= 15 is 0 Å². The van der Waals surface area contributed by atoms with E-state index in [0.29, 0.717) is 11.4 Å². The summed E-state index contributed by atoms with van der Waals surface area (Å²) in [6, 6.07) is 8.96. The molecule has 0 radical (unpaired) electrons. The highest BCUT2D eigenvalue weighted by Crippen LogP contribution is 2.29. The minimum Gasteiger partial charge on any atom is -0.449 e. The second kappa shape index (κ2) is 7.53. The molecular formula is C19H18N2O4S. The molecule has 1 aliphatic rings. The van der Waals surface area contributed by atoms with Gasteiger partial charge < -0.3 is 10.1 Å². The topological polar surface area (TPSA) is 75.7 Å². The molecule has 0 aliphatic carbocycles. The van der Waals surface area contributed by atoms with Crippen LogP contribution < -0.4 is 10.2 Å². The predicted octanol–water partition coefficient (Wildman–Crippen LogP) is 2.99. The number of aryl methyl sites for hydroxylation is 1. The van der Waals surface area contributed by atoms with Crippen LogP contribution in [0.5, 0.6) is 0 Å². The van der Waals surface area contributed by atoms with Crippen LogP contribution in [0, 0.1) is 6.92 Å². The molecule has 2 heterocycles. The number of carbonyl (C=O) groups is 3. The zero-order valence-electron chi connectivity index (χ0n) is 14.4. The van der Waals surface area contributed by atoms with E-state index in [2.05, 4.69) is 5.32 Å². The molecule has 2 aromatic rings. The number of esters is 1. The van der Waals surface area contributed by atoms with Gasteiger partial charge in [0.05, 0.1) is 11.4 Å². The molecule has 1 N–H and O–H groups in total. The first-order valence-corrected chi connectivity index (χ1v) is 8.96. The molecule has 6 nitrogen and oxygen atoms in total. The van der Waals surface area contributed by atoms with Crippen LogP contribution in [0.4, 0.5) is 11.4 Å².